The smallest absolute Gasteiger partial charge is 0.231 e. The average molecular weight is 463 g/mol. The van der Waals surface area contributed by atoms with Crippen molar-refractivity contribution in [3.63, 3.8) is 0 Å². The standard InChI is InChI=1S/C30H22O5/c1-33-24-13-11-23(12-14-24)27(31)19-34-25-15-16-26-28(18-25)35-29(30(26)32)17-20-7-9-22(10-8-20)21-5-3-2-4-6-21/h2-18H,19H2,1H3. The lowest BCUT2D eigenvalue weighted by Crippen LogP contribution is -2.11. The summed E-state index contributed by atoms with van der Waals surface area (Å²) >= 11 is 0. The summed E-state index contributed by atoms with van der Waals surface area (Å²) in [7, 11) is 1.57. The Morgan fingerprint density at radius 3 is 2.23 bits per heavy atom. The summed E-state index contributed by atoms with van der Waals surface area (Å²) in [6.45, 7) is -0.129. The monoisotopic (exact) mass is 462 g/mol. The van der Waals surface area contributed by atoms with Crippen molar-refractivity contribution in [3.8, 4) is 28.4 Å². The SMILES string of the molecule is COc1ccc(C(=O)COc2ccc3c(c2)OC(=Cc2ccc(-c4ccccc4)cc2)C3=O)cc1. The zero-order valence-electron chi connectivity index (χ0n) is 19.1. The van der Waals surface area contributed by atoms with Crippen LogP contribution in [0.5, 0.6) is 17.2 Å². The van der Waals surface area contributed by atoms with Crippen molar-refractivity contribution < 1.29 is 23.8 Å². The van der Waals surface area contributed by atoms with E-state index in [9.17, 15) is 9.59 Å². The van der Waals surface area contributed by atoms with Gasteiger partial charge in [0.1, 0.15) is 17.2 Å². The van der Waals surface area contributed by atoms with Gasteiger partial charge in [0.15, 0.2) is 18.1 Å². The lowest BCUT2D eigenvalue weighted by Gasteiger charge is -2.07. The van der Waals surface area contributed by atoms with Crippen LogP contribution in [-0.2, 0) is 0 Å². The van der Waals surface area contributed by atoms with Crippen molar-refractivity contribution in [1.29, 1.82) is 0 Å². The van der Waals surface area contributed by atoms with Crippen LogP contribution in [0, 0.1) is 0 Å². The van der Waals surface area contributed by atoms with E-state index in [2.05, 4.69) is 12.1 Å². The highest BCUT2D eigenvalue weighted by Crippen LogP contribution is 2.35. The lowest BCUT2D eigenvalue weighted by atomic mass is 10.0. The van der Waals surface area contributed by atoms with E-state index >= 15 is 0 Å². The number of hydrogen-bond donors (Lipinski definition) is 0. The summed E-state index contributed by atoms with van der Waals surface area (Å²) in [5.74, 6) is 1.44. The summed E-state index contributed by atoms with van der Waals surface area (Å²) in [4.78, 5) is 25.2. The molecule has 0 aromatic heterocycles. The van der Waals surface area contributed by atoms with Crippen molar-refractivity contribution in [2.24, 2.45) is 0 Å². The number of hydrogen-bond acceptors (Lipinski definition) is 5. The predicted octanol–water partition coefficient (Wildman–Crippen LogP) is 6.24. The fourth-order valence-electron chi connectivity index (χ4n) is 3.82. The molecule has 0 fully saturated rings. The summed E-state index contributed by atoms with van der Waals surface area (Å²) in [5, 5.41) is 0. The molecule has 5 rings (SSSR count). The number of benzene rings is 4. The number of fused-ring (bicyclic) bond motifs is 1. The van der Waals surface area contributed by atoms with E-state index in [-0.39, 0.29) is 23.9 Å². The van der Waals surface area contributed by atoms with Crippen LogP contribution in [0.4, 0.5) is 0 Å². The maximum atomic E-state index is 12.8. The van der Waals surface area contributed by atoms with Gasteiger partial charge in [-0.05, 0) is 59.2 Å². The van der Waals surface area contributed by atoms with Gasteiger partial charge in [0, 0.05) is 11.6 Å². The van der Waals surface area contributed by atoms with Gasteiger partial charge in [-0.15, -0.1) is 0 Å². The first-order valence-electron chi connectivity index (χ1n) is 11.1. The molecule has 0 N–H and O–H groups in total. The van der Waals surface area contributed by atoms with Crippen molar-refractivity contribution >= 4 is 17.6 Å². The topological polar surface area (TPSA) is 61.8 Å². The van der Waals surface area contributed by atoms with Gasteiger partial charge in [-0.3, -0.25) is 9.59 Å². The first-order chi connectivity index (χ1) is 17.1. The van der Waals surface area contributed by atoms with Gasteiger partial charge in [-0.2, -0.15) is 0 Å². The van der Waals surface area contributed by atoms with Crippen LogP contribution in [0.1, 0.15) is 26.3 Å². The molecule has 1 heterocycles. The lowest BCUT2D eigenvalue weighted by molar-refractivity contribution is 0.0920. The summed E-state index contributed by atoms with van der Waals surface area (Å²) in [6, 6.07) is 29.8. The van der Waals surface area contributed by atoms with Crippen molar-refractivity contribution in [3.05, 3.63) is 120 Å². The molecule has 0 spiro atoms. The molecule has 0 amide bonds. The molecule has 0 radical (unpaired) electrons. The Labute approximate surface area is 203 Å². The fourth-order valence-corrected chi connectivity index (χ4v) is 3.82. The summed E-state index contributed by atoms with van der Waals surface area (Å²) in [5.41, 5.74) is 4.08. The maximum Gasteiger partial charge on any atom is 0.231 e. The van der Waals surface area contributed by atoms with Gasteiger partial charge in [-0.25, -0.2) is 0 Å². The molecular weight excluding hydrogens is 440 g/mol. The van der Waals surface area contributed by atoms with Gasteiger partial charge < -0.3 is 14.2 Å². The number of ether oxygens (including phenoxy) is 3. The van der Waals surface area contributed by atoms with Crippen LogP contribution >= 0.6 is 0 Å². The minimum atomic E-state index is -0.187. The van der Waals surface area contributed by atoms with Crippen molar-refractivity contribution in [2.75, 3.05) is 13.7 Å². The van der Waals surface area contributed by atoms with Crippen molar-refractivity contribution in [1.82, 2.24) is 0 Å². The highest BCUT2D eigenvalue weighted by molar-refractivity contribution is 6.14. The van der Waals surface area contributed by atoms with Gasteiger partial charge in [0.2, 0.25) is 5.78 Å². The Kier molecular flexibility index (Phi) is 6.14. The molecular formula is C30H22O5. The average Bonchev–Trinajstić information content (AvgIpc) is 3.22. The number of carbonyl (C=O) groups is 2. The first-order valence-corrected chi connectivity index (χ1v) is 11.1. The largest absolute Gasteiger partial charge is 0.497 e. The third-order valence-corrected chi connectivity index (χ3v) is 5.74. The quantitative estimate of drug-likeness (QED) is 0.240. The van der Waals surface area contributed by atoms with E-state index in [4.69, 9.17) is 14.2 Å². The molecule has 4 aromatic rings. The molecule has 5 nitrogen and oxygen atoms in total. The van der Waals surface area contributed by atoms with Crippen LogP contribution in [0.3, 0.4) is 0 Å². The Hall–Kier alpha value is -4.64. The second-order valence-electron chi connectivity index (χ2n) is 8.03. The van der Waals surface area contributed by atoms with Crippen LogP contribution in [0.25, 0.3) is 17.2 Å². The van der Waals surface area contributed by atoms with Gasteiger partial charge in [0.25, 0.3) is 0 Å². The van der Waals surface area contributed by atoms with E-state index < -0.39 is 0 Å². The maximum absolute atomic E-state index is 12.8. The molecule has 0 bridgehead atoms. The highest BCUT2D eigenvalue weighted by Gasteiger charge is 2.27. The number of ketones is 2. The summed E-state index contributed by atoms with van der Waals surface area (Å²) in [6.07, 6.45) is 1.73. The van der Waals surface area contributed by atoms with Crippen LogP contribution < -0.4 is 14.2 Å². The van der Waals surface area contributed by atoms with Crippen LogP contribution in [0.15, 0.2) is 103 Å². The van der Waals surface area contributed by atoms with Crippen LogP contribution in [0.2, 0.25) is 0 Å². The molecule has 0 saturated carbocycles. The second-order valence-corrected chi connectivity index (χ2v) is 8.03. The third-order valence-electron chi connectivity index (χ3n) is 5.74. The van der Waals surface area contributed by atoms with E-state index in [1.54, 1.807) is 55.7 Å². The van der Waals surface area contributed by atoms with Gasteiger partial charge >= 0.3 is 0 Å². The first kappa shape index (κ1) is 22.2. The van der Waals surface area contributed by atoms with Gasteiger partial charge in [-0.1, -0.05) is 54.6 Å². The number of carbonyl (C=O) groups excluding carboxylic acids is 2. The molecule has 1 aliphatic heterocycles. The molecule has 35 heavy (non-hydrogen) atoms. The van der Waals surface area contributed by atoms with E-state index in [0.29, 0.717) is 28.4 Å². The zero-order chi connectivity index (χ0) is 24.2. The molecule has 5 heteroatoms. The van der Waals surface area contributed by atoms with Crippen molar-refractivity contribution in [2.45, 2.75) is 0 Å². The minimum absolute atomic E-state index is 0.129. The highest BCUT2D eigenvalue weighted by atomic mass is 16.5. The zero-order valence-corrected chi connectivity index (χ0v) is 19.1. The third kappa shape index (κ3) is 4.84. The molecule has 0 aliphatic carbocycles. The number of Topliss-reactive ketones (excluding diaryl/α,β-unsaturated/α-hetero) is 2. The van der Waals surface area contributed by atoms with E-state index in [1.165, 1.54) is 0 Å². The fraction of sp³-hybridized carbons (Fsp3) is 0.0667. The molecule has 0 unspecified atom stereocenters. The summed E-state index contributed by atoms with van der Waals surface area (Å²) < 4.78 is 16.6. The van der Waals surface area contributed by atoms with E-state index in [0.717, 1.165) is 16.7 Å². The van der Waals surface area contributed by atoms with E-state index in [1.807, 2.05) is 42.5 Å². The minimum Gasteiger partial charge on any atom is -0.497 e. The van der Waals surface area contributed by atoms with Gasteiger partial charge in [0.05, 0.1) is 12.7 Å². The second kappa shape index (κ2) is 9.69. The number of methoxy groups -OCH3 is 1. The molecule has 1 aliphatic rings. The predicted molar refractivity (Wildman–Crippen MR) is 134 cm³/mol. The molecule has 0 atom stereocenters. The molecule has 172 valence electrons. The molecule has 4 aromatic carbocycles. The molecule has 0 saturated heterocycles. The number of rotatable bonds is 7. The van der Waals surface area contributed by atoms with Crippen LogP contribution in [-0.4, -0.2) is 25.3 Å². The Morgan fingerprint density at radius 2 is 1.51 bits per heavy atom. The Bertz CT molecular complexity index is 1400. The normalized spacial score (nSPS) is 13.3. The Balaban J connectivity index is 1.26. The number of allylic oxidation sites excluding steroid dienone is 1. The Morgan fingerprint density at radius 1 is 0.829 bits per heavy atom.